The van der Waals surface area contributed by atoms with Crippen molar-refractivity contribution in [2.75, 3.05) is 16.9 Å². The molecule has 1 heterocycles. The number of benzene rings is 1. The Labute approximate surface area is 117 Å². The van der Waals surface area contributed by atoms with Crippen LogP contribution in [0.2, 0.25) is 0 Å². The van der Waals surface area contributed by atoms with Crippen LogP contribution in [0.5, 0.6) is 0 Å². The number of nitrogens with zero attached hydrogens (tertiary/aromatic N) is 4. The maximum Gasteiger partial charge on any atom is 0.145 e. The summed E-state index contributed by atoms with van der Waals surface area (Å²) in [6, 6.07) is 13.7. The molecule has 0 bridgehead atoms. The van der Waals surface area contributed by atoms with Crippen molar-refractivity contribution in [3.05, 3.63) is 42.2 Å². The molecule has 0 aliphatic carbocycles. The van der Waals surface area contributed by atoms with E-state index in [9.17, 15) is 0 Å². The van der Waals surface area contributed by atoms with Crippen LogP contribution in [-0.4, -0.2) is 16.5 Å². The van der Waals surface area contributed by atoms with Crippen LogP contribution in [0, 0.1) is 18.3 Å². The second-order valence-corrected chi connectivity index (χ2v) is 4.20. The predicted octanol–water partition coefficient (Wildman–Crippen LogP) is 2.12. The van der Waals surface area contributed by atoms with Gasteiger partial charge in [0.15, 0.2) is 0 Å². The molecule has 0 unspecified atom stereocenters. The molecule has 102 valence electrons. The smallest absolute Gasteiger partial charge is 0.145 e. The van der Waals surface area contributed by atoms with Crippen molar-refractivity contribution in [3.63, 3.8) is 0 Å². The van der Waals surface area contributed by atoms with Gasteiger partial charge in [-0.2, -0.15) is 5.26 Å². The number of nitrogens with two attached hydrogens (primary N) is 1. The van der Waals surface area contributed by atoms with E-state index in [1.165, 1.54) is 0 Å². The molecule has 0 aliphatic rings. The second kappa shape index (κ2) is 6.50. The highest BCUT2D eigenvalue weighted by molar-refractivity contribution is 5.62. The molecule has 20 heavy (non-hydrogen) atoms. The summed E-state index contributed by atoms with van der Waals surface area (Å²) < 4.78 is 0. The molecule has 0 saturated heterocycles. The fourth-order valence-electron chi connectivity index (χ4n) is 1.91. The molecule has 0 radical (unpaired) electrons. The number of anilines is 3. The van der Waals surface area contributed by atoms with Gasteiger partial charge in [-0.25, -0.2) is 15.8 Å². The number of nitrogens with one attached hydrogen (secondary N) is 1. The molecule has 0 fully saturated rings. The predicted molar refractivity (Wildman–Crippen MR) is 78.3 cm³/mol. The SMILES string of the molecule is Cc1nc(NN)cc(N(CCC#N)c2ccccc2)n1. The van der Waals surface area contributed by atoms with Gasteiger partial charge in [0.25, 0.3) is 0 Å². The third kappa shape index (κ3) is 3.22. The van der Waals surface area contributed by atoms with E-state index in [0.29, 0.717) is 30.4 Å². The van der Waals surface area contributed by atoms with Crippen molar-refractivity contribution in [1.29, 1.82) is 5.26 Å². The standard InChI is InChI=1S/C14H16N6/c1-11-17-13(19-16)10-14(18-11)20(9-5-8-15)12-6-3-2-4-7-12/h2-4,6-7,10H,5,9,16H2,1H3,(H,17,18,19). The Kier molecular flexibility index (Phi) is 4.47. The summed E-state index contributed by atoms with van der Waals surface area (Å²) in [4.78, 5) is 10.6. The zero-order valence-corrected chi connectivity index (χ0v) is 11.2. The average molecular weight is 268 g/mol. The zero-order chi connectivity index (χ0) is 14.4. The van der Waals surface area contributed by atoms with Gasteiger partial charge in [-0.3, -0.25) is 0 Å². The second-order valence-electron chi connectivity index (χ2n) is 4.20. The van der Waals surface area contributed by atoms with E-state index in [-0.39, 0.29) is 0 Å². The van der Waals surface area contributed by atoms with Crippen LogP contribution >= 0.6 is 0 Å². The molecule has 1 aromatic carbocycles. The van der Waals surface area contributed by atoms with Crippen molar-refractivity contribution in [3.8, 4) is 6.07 Å². The Bertz CT molecular complexity index is 605. The molecular formula is C14H16N6. The van der Waals surface area contributed by atoms with Gasteiger partial charge in [0.1, 0.15) is 17.5 Å². The number of aromatic nitrogens is 2. The van der Waals surface area contributed by atoms with Gasteiger partial charge >= 0.3 is 0 Å². The molecular weight excluding hydrogens is 252 g/mol. The number of nitriles is 1. The molecule has 0 atom stereocenters. The number of hydrazine groups is 1. The van der Waals surface area contributed by atoms with Crippen molar-refractivity contribution >= 4 is 17.3 Å². The third-order valence-electron chi connectivity index (χ3n) is 2.76. The van der Waals surface area contributed by atoms with E-state index >= 15 is 0 Å². The van der Waals surface area contributed by atoms with Crippen LogP contribution in [-0.2, 0) is 0 Å². The fourth-order valence-corrected chi connectivity index (χ4v) is 1.91. The minimum absolute atomic E-state index is 0.406. The first kappa shape index (κ1) is 13.8. The molecule has 2 aromatic rings. The molecule has 0 aliphatic heterocycles. The van der Waals surface area contributed by atoms with E-state index in [1.54, 1.807) is 13.0 Å². The Hall–Kier alpha value is -2.65. The summed E-state index contributed by atoms with van der Waals surface area (Å²) in [5.74, 6) is 7.30. The number of hydrogen-bond acceptors (Lipinski definition) is 6. The lowest BCUT2D eigenvalue weighted by Crippen LogP contribution is -2.21. The quantitative estimate of drug-likeness (QED) is 0.637. The summed E-state index contributed by atoms with van der Waals surface area (Å²) in [6.07, 6.45) is 0.406. The molecule has 6 heteroatoms. The van der Waals surface area contributed by atoms with E-state index in [1.807, 2.05) is 35.2 Å². The molecule has 0 spiro atoms. The Morgan fingerprint density at radius 3 is 2.70 bits per heavy atom. The van der Waals surface area contributed by atoms with Crippen molar-refractivity contribution in [2.24, 2.45) is 5.84 Å². The van der Waals surface area contributed by atoms with Crippen molar-refractivity contribution in [2.45, 2.75) is 13.3 Å². The van der Waals surface area contributed by atoms with Crippen molar-refractivity contribution < 1.29 is 0 Å². The average Bonchev–Trinajstić information content (AvgIpc) is 2.48. The third-order valence-corrected chi connectivity index (χ3v) is 2.76. The van der Waals surface area contributed by atoms with Gasteiger partial charge in [0.05, 0.1) is 12.5 Å². The molecule has 0 amide bonds. The highest BCUT2D eigenvalue weighted by Gasteiger charge is 2.12. The van der Waals surface area contributed by atoms with Crippen molar-refractivity contribution in [1.82, 2.24) is 9.97 Å². The largest absolute Gasteiger partial charge is 0.325 e. The first-order valence-electron chi connectivity index (χ1n) is 6.26. The van der Waals surface area contributed by atoms with E-state index in [4.69, 9.17) is 11.1 Å². The number of nitrogen functional groups attached to an aromatic ring is 1. The van der Waals surface area contributed by atoms with E-state index < -0.39 is 0 Å². The topological polar surface area (TPSA) is 90.9 Å². The summed E-state index contributed by atoms with van der Waals surface area (Å²) in [5.41, 5.74) is 3.50. The number of rotatable bonds is 5. The van der Waals surface area contributed by atoms with Gasteiger partial charge in [-0.15, -0.1) is 0 Å². The van der Waals surface area contributed by atoms with Crippen LogP contribution < -0.4 is 16.2 Å². The van der Waals surface area contributed by atoms with Crippen LogP contribution in [0.25, 0.3) is 0 Å². The monoisotopic (exact) mass is 268 g/mol. The lowest BCUT2D eigenvalue weighted by atomic mass is 10.2. The van der Waals surface area contributed by atoms with Crippen LogP contribution in [0.4, 0.5) is 17.3 Å². The van der Waals surface area contributed by atoms with Gasteiger partial charge in [0, 0.05) is 18.3 Å². The summed E-state index contributed by atoms with van der Waals surface area (Å²) in [6.45, 7) is 2.36. The summed E-state index contributed by atoms with van der Waals surface area (Å²) in [7, 11) is 0. The normalized spacial score (nSPS) is 9.85. The first-order valence-corrected chi connectivity index (χ1v) is 6.26. The van der Waals surface area contributed by atoms with Crippen LogP contribution in [0.1, 0.15) is 12.2 Å². The summed E-state index contributed by atoms with van der Waals surface area (Å²) >= 11 is 0. The molecule has 2 rings (SSSR count). The van der Waals surface area contributed by atoms with Crippen LogP contribution in [0.15, 0.2) is 36.4 Å². The van der Waals surface area contributed by atoms with E-state index in [0.717, 1.165) is 5.69 Å². The first-order chi connectivity index (χ1) is 9.74. The fraction of sp³-hybridized carbons (Fsp3) is 0.214. The lowest BCUT2D eigenvalue weighted by molar-refractivity contribution is 0.907. The van der Waals surface area contributed by atoms with Gasteiger partial charge in [-0.05, 0) is 19.1 Å². The minimum atomic E-state index is 0.406. The highest BCUT2D eigenvalue weighted by Crippen LogP contribution is 2.25. The molecule has 1 aromatic heterocycles. The number of aryl methyl sites for hydroxylation is 1. The Balaban J connectivity index is 2.41. The number of para-hydroxylation sites is 1. The number of hydrogen-bond donors (Lipinski definition) is 2. The van der Waals surface area contributed by atoms with Gasteiger partial charge in [0.2, 0.25) is 0 Å². The maximum absolute atomic E-state index is 8.82. The van der Waals surface area contributed by atoms with Crippen LogP contribution in [0.3, 0.4) is 0 Å². The molecule has 6 nitrogen and oxygen atoms in total. The molecule has 0 saturated carbocycles. The minimum Gasteiger partial charge on any atom is -0.325 e. The zero-order valence-electron chi connectivity index (χ0n) is 11.2. The van der Waals surface area contributed by atoms with Gasteiger partial charge in [-0.1, -0.05) is 18.2 Å². The summed E-state index contributed by atoms with van der Waals surface area (Å²) in [5, 5.41) is 8.82. The highest BCUT2D eigenvalue weighted by atomic mass is 15.3. The lowest BCUT2D eigenvalue weighted by Gasteiger charge is -2.23. The van der Waals surface area contributed by atoms with Gasteiger partial charge < -0.3 is 10.3 Å². The Morgan fingerprint density at radius 2 is 2.05 bits per heavy atom. The molecule has 3 N–H and O–H groups in total. The maximum atomic E-state index is 8.82. The Morgan fingerprint density at radius 1 is 1.30 bits per heavy atom. The van der Waals surface area contributed by atoms with E-state index in [2.05, 4.69) is 21.5 Å².